The van der Waals surface area contributed by atoms with Crippen molar-refractivity contribution in [2.45, 2.75) is 6.61 Å². The molecule has 1 aromatic heterocycles. The molecule has 2 aromatic rings. The first-order valence-electron chi connectivity index (χ1n) is 5.04. The van der Waals surface area contributed by atoms with Crippen molar-refractivity contribution >= 4 is 40.6 Å². The van der Waals surface area contributed by atoms with E-state index in [0.29, 0.717) is 26.6 Å². The summed E-state index contributed by atoms with van der Waals surface area (Å²) in [5.41, 5.74) is 6.47. The molecule has 3 nitrogen and oxygen atoms in total. The van der Waals surface area contributed by atoms with Crippen molar-refractivity contribution in [3.63, 3.8) is 0 Å². The van der Waals surface area contributed by atoms with E-state index in [9.17, 15) is 0 Å². The third-order valence-electron chi connectivity index (χ3n) is 2.26. The Labute approximate surface area is 119 Å². The molecule has 0 aliphatic carbocycles. The molecule has 0 atom stereocenters. The van der Waals surface area contributed by atoms with E-state index < -0.39 is 0 Å². The van der Waals surface area contributed by atoms with Gasteiger partial charge in [0.05, 0.1) is 10.0 Å². The molecule has 1 aromatic carbocycles. The summed E-state index contributed by atoms with van der Waals surface area (Å²) in [6, 6.07) is 6.73. The highest BCUT2D eigenvalue weighted by Crippen LogP contribution is 2.36. The number of ether oxygens (including phenoxy) is 1. The van der Waals surface area contributed by atoms with Crippen LogP contribution in [0.1, 0.15) is 5.56 Å². The zero-order chi connectivity index (χ0) is 13.1. The lowest BCUT2D eigenvalue weighted by Gasteiger charge is -2.11. The number of rotatable bonds is 3. The average Bonchev–Trinajstić information content (AvgIpc) is 2.30. The van der Waals surface area contributed by atoms with Crippen LogP contribution in [0.5, 0.6) is 5.75 Å². The van der Waals surface area contributed by atoms with Crippen LogP contribution in [0.4, 0.5) is 5.82 Å². The lowest BCUT2D eigenvalue weighted by Crippen LogP contribution is -2.02. The molecule has 0 saturated carbocycles. The molecule has 1 heterocycles. The Morgan fingerprint density at radius 3 is 2.44 bits per heavy atom. The van der Waals surface area contributed by atoms with Crippen molar-refractivity contribution in [3.8, 4) is 5.75 Å². The van der Waals surface area contributed by atoms with E-state index >= 15 is 0 Å². The summed E-state index contributed by atoms with van der Waals surface area (Å²) in [4.78, 5) is 3.96. The second-order valence-electron chi connectivity index (χ2n) is 3.54. The molecule has 2 rings (SSSR count). The van der Waals surface area contributed by atoms with Crippen molar-refractivity contribution in [1.29, 1.82) is 0 Å². The van der Waals surface area contributed by atoms with Gasteiger partial charge >= 0.3 is 0 Å². The normalized spacial score (nSPS) is 10.4. The second-order valence-corrected chi connectivity index (χ2v) is 4.79. The molecular weight excluding hydrogens is 295 g/mol. The molecule has 0 aliphatic rings. The van der Waals surface area contributed by atoms with Crippen molar-refractivity contribution in [3.05, 3.63) is 51.1 Å². The van der Waals surface area contributed by atoms with Crippen LogP contribution in [0.3, 0.4) is 0 Å². The van der Waals surface area contributed by atoms with Crippen LogP contribution in [-0.4, -0.2) is 4.98 Å². The van der Waals surface area contributed by atoms with Gasteiger partial charge in [-0.1, -0.05) is 40.9 Å². The van der Waals surface area contributed by atoms with Crippen molar-refractivity contribution in [1.82, 2.24) is 4.98 Å². The molecule has 0 amide bonds. The zero-order valence-electron chi connectivity index (χ0n) is 9.16. The van der Waals surface area contributed by atoms with Crippen LogP contribution in [0, 0.1) is 0 Å². The van der Waals surface area contributed by atoms with Crippen LogP contribution in [0.2, 0.25) is 15.1 Å². The minimum atomic E-state index is 0.237. The number of nitrogens with zero attached hydrogens (tertiary/aromatic N) is 1. The number of hydrogen-bond acceptors (Lipinski definition) is 3. The topological polar surface area (TPSA) is 48.1 Å². The molecule has 0 fully saturated rings. The molecule has 0 aliphatic heterocycles. The summed E-state index contributed by atoms with van der Waals surface area (Å²) in [6.45, 7) is 0.237. The monoisotopic (exact) mass is 302 g/mol. The van der Waals surface area contributed by atoms with E-state index in [1.54, 1.807) is 24.4 Å². The fourth-order valence-electron chi connectivity index (χ4n) is 1.39. The zero-order valence-corrected chi connectivity index (χ0v) is 11.4. The number of nitrogen functional groups attached to an aromatic ring is 1. The van der Waals surface area contributed by atoms with Gasteiger partial charge in [0.2, 0.25) is 0 Å². The molecule has 0 saturated heterocycles. The Morgan fingerprint density at radius 2 is 1.83 bits per heavy atom. The first-order valence-corrected chi connectivity index (χ1v) is 6.18. The molecule has 94 valence electrons. The van der Waals surface area contributed by atoms with E-state index in [1.807, 2.05) is 6.07 Å². The van der Waals surface area contributed by atoms with Gasteiger partial charge in [0, 0.05) is 16.8 Å². The third-order valence-corrected chi connectivity index (χ3v) is 3.04. The quantitative estimate of drug-likeness (QED) is 0.924. The number of aromatic nitrogens is 1. The first-order chi connectivity index (χ1) is 8.58. The van der Waals surface area contributed by atoms with Gasteiger partial charge in [0.15, 0.2) is 5.75 Å². The average molecular weight is 304 g/mol. The highest BCUT2D eigenvalue weighted by atomic mass is 35.5. The smallest absolute Gasteiger partial charge is 0.157 e. The molecule has 18 heavy (non-hydrogen) atoms. The Hall–Kier alpha value is -1.16. The summed E-state index contributed by atoms with van der Waals surface area (Å²) in [7, 11) is 0. The molecule has 6 heteroatoms. The van der Waals surface area contributed by atoms with Gasteiger partial charge in [-0.2, -0.15) is 0 Å². The maximum atomic E-state index is 6.00. The highest BCUT2D eigenvalue weighted by Gasteiger charge is 2.10. The minimum absolute atomic E-state index is 0.237. The number of pyridine rings is 1. The first kappa shape index (κ1) is 13.3. The van der Waals surface area contributed by atoms with Gasteiger partial charge in [-0.25, -0.2) is 4.98 Å². The van der Waals surface area contributed by atoms with E-state index in [-0.39, 0.29) is 6.61 Å². The summed E-state index contributed by atoms with van der Waals surface area (Å²) in [6.07, 6.45) is 1.61. The predicted molar refractivity (Wildman–Crippen MR) is 74.5 cm³/mol. The van der Waals surface area contributed by atoms with Crippen molar-refractivity contribution < 1.29 is 4.74 Å². The van der Waals surface area contributed by atoms with E-state index in [1.165, 1.54) is 0 Å². The SMILES string of the molecule is Nc1ncccc1COc1c(Cl)cc(Cl)cc1Cl. The fourth-order valence-corrected chi connectivity index (χ4v) is 2.32. The molecule has 0 spiro atoms. The van der Waals surface area contributed by atoms with Gasteiger partial charge in [-0.15, -0.1) is 0 Å². The van der Waals surface area contributed by atoms with E-state index in [4.69, 9.17) is 45.3 Å². The highest BCUT2D eigenvalue weighted by molar-refractivity contribution is 6.40. The van der Waals surface area contributed by atoms with Crippen LogP contribution in [-0.2, 0) is 6.61 Å². The number of halogens is 3. The summed E-state index contributed by atoms with van der Waals surface area (Å²) < 4.78 is 5.55. The maximum absolute atomic E-state index is 6.00. The molecule has 0 radical (unpaired) electrons. The maximum Gasteiger partial charge on any atom is 0.157 e. The minimum Gasteiger partial charge on any atom is -0.486 e. The van der Waals surface area contributed by atoms with E-state index in [2.05, 4.69) is 4.98 Å². The van der Waals surface area contributed by atoms with Gasteiger partial charge < -0.3 is 10.5 Å². The lowest BCUT2D eigenvalue weighted by molar-refractivity contribution is 0.307. The number of anilines is 1. The van der Waals surface area contributed by atoms with Crippen molar-refractivity contribution in [2.24, 2.45) is 0 Å². The number of benzene rings is 1. The van der Waals surface area contributed by atoms with Crippen LogP contribution < -0.4 is 10.5 Å². The Balaban J connectivity index is 2.19. The molecule has 0 bridgehead atoms. The Kier molecular flexibility index (Phi) is 4.17. The molecule has 2 N–H and O–H groups in total. The third kappa shape index (κ3) is 2.99. The second kappa shape index (κ2) is 5.65. The van der Waals surface area contributed by atoms with Gasteiger partial charge in [-0.05, 0) is 18.2 Å². The number of nitrogens with two attached hydrogens (primary N) is 1. The van der Waals surface area contributed by atoms with E-state index in [0.717, 1.165) is 5.56 Å². The Morgan fingerprint density at radius 1 is 1.17 bits per heavy atom. The lowest BCUT2D eigenvalue weighted by atomic mass is 10.3. The summed E-state index contributed by atoms with van der Waals surface area (Å²) in [5.74, 6) is 0.796. The van der Waals surface area contributed by atoms with Crippen LogP contribution in [0.25, 0.3) is 0 Å². The van der Waals surface area contributed by atoms with Gasteiger partial charge in [0.1, 0.15) is 12.4 Å². The largest absolute Gasteiger partial charge is 0.486 e. The van der Waals surface area contributed by atoms with Gasteiger partial charge in [-0.3, -0.25) is 0 Å². The standard InChI is InChI=1S/C12H9Cl3N2O/c13-8-4-9(14)11(10(15)5-8)18-6-7-2-1-3-17-12(7)16/h1-5H,6H2,(H2,16,17). The Bertz CT molecular complexity index is 552. The summed E-state index contributed by atoms with van der Waals surface area (Å²) in [5, 5.41) is 1.17. The fraction of sp³-hybridized carbons (Fsp3) is 0.0833. The molecular formula is C12H9Cl3N2O. The van der Waals surface area contributed by atoms with Gasteiger partial charge in [0.25, 0.3) is 0 Å². The molecule has 0 unspecified atom stereocenters. The summed E-state index contributed by atoms with van der Waals surface area (Å²) >= 11 is 17.8. The van der Waals surface area contributed by atoms with Crippen LogP contribution in [0.15, 0.2) is 30.5 Å². The predicted octanol–water partition coefficient (Wildman–Crippen LogP) is 4.20. The van der Waals surface area contributed by atoms with Crippen LogP contribution >= 0.6 is 34.8 Å². The van der Waals surface area contributed by atoms with Crippen molar-refractivity contribution in [2.75, 3.05) is 5.73 Å². The number of hydrogen-bond donors (Lipinski definition) is 1.